The van der Waals surface area contributed by atoms with Gasteiger partial charge in [0.05, 0.1) is 18.5 Å². The number of allylic oxidation sites excluding steroid dienone is 1. The first kappa shape index (κ1) is 29.1. The number of barbiturate groups is 1. The molecule has 1 heterocycles. The van der Waals surface area contributed by atoms with Crippen LogP contribution in [0.1, 0.15) is 16.7 Å². The van der Waals surface area contributed by atoms with Crippen LogP contribution in [0.2, 0.25) is 0 Å². The lowest BCUT2D eigenvalue weighted by Gasteiger charge is -2.34. The highest BCUT2D eigenvalue weighted by Gasteiger charge is 2.43. The molecule has 0 N–H and O–H groups in total. The van der Waals surface area contributed by atoms with Crippen LogP contribution in [-0.4, -0.2) is 25.0 Å². The molecular weight excluding hydrogens is 564 g/mol. The minimum absolute atomic E-state index is 0.168. The van der Waals surface area contributed by atoms with E-state index in [1.165, 1.54) is 6.08 Å². The second-order valence-electron chi connectivity index (χ2n) is 10.4. The molecule has 1 aliphatic rings. The Hall–Kier alpha value is -5.95. The maximum absolute atomic E-state index is 13.8. The summed E-state index contributed by atoms with van der Waals surface area (Å²) in [5, 5.41) is 2.22. The molecule has 0 spiro atoms. The maximum atomic E-state index is 13.8. The SMILES string of the molecule is C=CCc1cc(C=C2C(=O)N(c3ccccc3)C(=O)N(c3ccccc3)C2=O)cc(OC)c1OCc1cccc2ccccc12. The van der Waals surface area contributed by atoms with Gasteiger partial charge in [0.15, 0.2) is 11.5 Å². The number of fused-ring (bicyclic) bond motifs is 1. The summed E-state index contributed by atoms with van der Waals surface area (Å²) in [6.07, 6.45) is 3.69. The number of para-hydroxylation sites is 2. The Labute approximate surface area is 261 Å². The lowest BCUT2D eigenvalue weighted by atomic mass is 10.0. The molecule has 5 aromatic rings. The first-order valence-electron chi connectivity index (χ1n) is 14.5. The summed E-state index contributed by atoms with van der Waals surface area (Å²) >= 11 is 0. The summed E-state index contributed by atoms with van der Waals surface area (Å²) < 4.78 is 12.1. The number of amides is 4. The smallest absolute Gasteiger partial charge is 0.343 e. The number of carbonyl (C=O) groups is 3. The van der Waals surface area contributed by atoms with E-state index in [1.807, 2.05) is 30.3 Å². The van der Waals surface area contributed by atoms with E-state index in [4.69, 9.17) is 9.47 Å². The lowest BCUT2D eigenvalue weighted by molar-refractivity contribution is -0.121. The molecule has 7 nitrogen and oxygen atoms in total. The van der Waals surface area contributed by atoms with Crippen LogP contribution in [0.25, 0.3) is 16.8 Å². The number of carbonyl (C=O) groups excluding carboxylic acids is 3. The second-order valence-corrected chi connectivity index (χ2v) is 10.4. The van der Waals surface area contributed by atoms with Crippen molar-refractivity contribution in [1.82, 2.24) is 0 Å². The second kappa shape index (κ2) is 12.7. The van der Waals surface area contributed by atoms with Crippen LogP contribution >= 0.6 is 0 Å². The summed E-state index contributed by atoms with van der Waals surface area (Å²) in [4.78, 5) is 43.4. The van der Waals surface area contributed by atoms with E-state index >= 15 is 0 Å². The average Bonchev–Trinajstić information content (AvgIpc) is 3.07. The van der Waals surface area contributed by atoms with Crippen LogP contribution in [0.4, 0.5) is 16.2 Å². The summed E-state index contributed by atoms with van der Waals surface area (Å²) in [6, 6.07) is 34.1. The van der Waals surface area contributed by atoms with Crippen molar-refractivity contribution in [3.63, 3.8) is 0 Å². The van der Waals surface area contributed by atoms with E-state index in [1.54, 1.807) is 79.9 Å². The van der Waals surface area contributed by atoms with Gasteiger partial charge in [-0.25, -0.2) is 14.6 Å². The molecule has 0 saturated carbocycles. The van der Waals surface area contributed by atoms with Gasteiger partial charge >= 0.3 is 6.03 Å². The van der Waals surface area contributed by atoms with Gasteiger partial charge in [-0.3, -0.25) is 9.59 Å². The summed E-state index contributed by atoms with van der Waals surface area (Å²) in [6.45, 7) is 4.21. The fraction of sp³-hybridized carbons (Fsp3) is 0.0789. The van der Waals surface area contributed by atoms with Gasteiger partial charge in [0.2, 0.25) is 0 Å². The largest absolute Gasteiger partial charge is 0.493 e. The number of benzene rings is 5. The van der Waals surface area contributed by atoms with Crippen molar-refractivity contribution in [3.8, 4) is 11.5 Å². The minimum atomic E-state index is -0.748. The van der Waals surface area contributed by atoms with E-state index in [-0.39, 0.29) is 5.57 Å². The molecule has 45 heavy (non-hydrogen) atoms. The van der Waals surface area contributed by atoms with Gasteiger partial charge in [0.1, 0.15) is 12.2 Å². The highest BCUT2D eigenvalue weighted by atomic mass is 16.5. The van der Waals surface area contributed by atoms with Gasteiger partial charge in [-0.15, -0.1) is 6.58 Å². The van der Waals surface area contributed by atoms with Crippen LogP contribution in [0.5, 0.6) is 11.5 Å². The zero-order valence-electron chi connectivity index (χ0n) is 24.7. The Balaban J connectivity index is 1.41. The van der Waals surface area contributed by atoms with Gasteiger partial charge < -0.3 is 9.47 Å². The molecule has 1 saturated heterocycles. The minimum Gasteiger partial charge on any atom is -0.493 e. The summed E-state index contributed by atoms with van der Waals surface area (Å²) in [7, 11) is 1.54. The van der Waals surface area contributed by atoms with Crippen LogP contribution in [0.15, 0.2) is 133 Å². The quantitative estimate of drug-likeness (QED) is 0.0991. The number of hydrogen-bond donors (Lipinski definition) is 0. The number of methoxy groups -OCH3 is 1. The third-order valence-corrected chi connectivity index (χ3v) is 7.58. The van der Waals surface area contributed by atoms with E-state index in [9.17, 15) is 14.4 Å². The van der Waals surface area contributed by atoms with Crippen LogP contribution < -0.4 is 19.3 Å². The average molecular weight is 595 g/mol. The number of anilines is 2. The van der Waals surface area contributed by atoms with Gasteiger partial charge in [-0.05, 0) is 70.8 Å². The van der Waals surface area contributed by atoms with Crippen molar-refractivity contribution >= 4 is 46.1 Å². The summed E-state index contributed by atoms with van der Waals surface area (Å²) in [5.41, 5.74) is 2.87. The molecular formula is C38H30N2O5. The highest BCUT2D eigenvalue weighted by Crippen LogP contribution is 2.37. The normalized spacial score (nSPS) is 13.3. The van der Waals surface area contributed by atoms with Crippen LogP contribution in [-0.2, 0) is 22.6 Å². The first-order valence-corrected chi connectivity index (χ1v) is 14.5. The maximum Gasteiger partial charge on any atom is 0.343 e. The molecule has 0 radical (unpaired) electrons. The topological polar surface area (TPSA) is 76.2 Å². The molecule has 0 aromatic heterocycles. The molecule has 1 fully saturated rings. The molecule has 7 heteroatoms. The Bertz CT molecular complexity index is 1880. The van der Waals surface area contributed by atoms with Crippen molar-refractivity contribution in [3.05, 3.63) is 150 Å². The summed E-state index contributed by atoms with van der Waals surface area (Å²) in [5.74, 6) is -0.457. The predicted octanol–water partition coefficient (Wildman–Crippen LogP) is 7.74. The molecule has 0 aliphatic carbocycles. The predicted molar refractivity (Wildman–Crippen MR) is 176 cm³/mol. The molecule has 0 bridgehead atoms. The molecule has 0 atom stereocenters. The van der Waals surface area contributed by atoms with Crippen molar-refractivity contribution in [2.24, 2.45) is 0 Å². The Morgan fingerprint density at radius 2 is 1.31 bits per heavy atom. The van der Waals surface area contributed by atoms with Gasteiger partial charge in [0, 0.05) is 5.56 Å². The number of nitrogens with zero attached hydrogens (tertiary/aromatic N) is 2. The van der Waals surface area contributed by atoms with Crippen LogP contribution in [0, 0.1) is 0 Å². The standard InChI is InChI=1S/C38H30N2O5/c1-3-13-28-22-26(24-34(44-2)35(28)45-25-29-16-12-15-27-14-10-11-21-32(27)29)23-33-36(41)39(30-17-6-4-7-18-30)38(43)40(37(33)42)31-19-8-5-9-20-31/h3-12,14-24H,1,13,25H2,2H3. The Kier molecular flexibility index (Phi) is 8.24. The van der Waals surface area contributed by atoms with Crippen molar-refractivity contribution < 1.29 is 23.9 Å². The number of urea groups is 1. The highest BCUT2D eigenvalue weighted by molar-refractivity contribution is 6.46. The lowest BCUT2D eigenvalue weighted by Crippen LogP contribution is -2.57. The number of hydrogen-bond acceptors (Lipinski definition) is 5. The Morgan fingerprint density at radius 1 is 0.711 bits per heavy atom. The molecule has 222 valence electrons. The van der Waals surface area contributed by atoms with Crippen molar-refractivity contribution in [1.29, 1.82) is 0 Å². The zero-order valence-corrected chi connectivity index (χ0v) is 24.7. The monoisotopic (exact) mass is 594 g/mol. The fourth-order valence-corrected chi connectivity index (χ4v) is 5.46. The van der Waals surface area contributed by atoms with Crippen LogP contribution in [0.3, 0.4) is 0 Å². The number of ether oxygens (including phenoxy) is 2. The molecule has 6 rings (SSSR count). The van der Waals surface area contributed by atoms with E-state index in [0.717, 1.165) is 31.7 Å². The molecule has 4 amide bonds. The van der Waals surface area contributed by atoms with Gasteiger partial charge in [-0.1, -0.05) is 84.9 Å². The molecule has 5 aromatic carbocycles. The van der Waals surface area contributed by atoms with E-state index in [0.29, 0.717) is 41.5 Å². The molecule has 0 unspecified atom stereocenters. The number of rotatable bonds is 9. The first-order chi connectivity index (χ1) is 22.0. The zero-order chi connectivity index (χ0) is 31.3. The van der Waals surface area contributed by atoms with E-state index in [2.05, 4.69) is 24.8 Å². The fourth-order valence-electron chi connectivity index (χ4n) is 5.46. The third kappa shape index (κ3) is 5.71. The van der Waals surface area contributed by atoms with E-state index < -0.39 is 17.8 Å². The third-order valence-electron chi connectivity index (χ3n) is 7.58. The Morgan fingerprint density at radius 3 is 1.93 bits per heavy atom. The van der Waals surface area contributed by atoms with Gasteiger partial charge in [-0.2, -0.15) is 0 Å². The number of imide groups is 2. The van der Waals surface area contributed by atoms with Crippen molar-refractivity contribution in [2.75, 3.05) is 16.9 Å². The van der Waals surface area contributed by atoms with Gasteiger partial charge in [0.25, 0.3) is 11.8 Å². The van der Waals surface area contributed by atoms with Crippen molar-refractivity contribution in [2.45, 2.75) is 13.0 Å². The molecule has 1 aliphatic heterocycles.